The maximum Gasteiger partial charge on any atom is 0.308 e. The van der Waals surface area contributed by atoms with Gasteiger partial charge in [0.2, 0.25) is 0 Å². The van der Waals surface area contributed by atoms with Gasteiger partial charge in [0.1, 0.15) is 6.10 Å². The molecule has 0 saturated heterocycles. The zero-order valence-electron chi connectivity index (χ0n) is 13.2. The van der Waals surface area contributed by atoms with Gasteiger partial charge in [0.05, 0.1) is 30.1 Å². The molecule has 0 aromatic carbocycles. The molecule has 1 heterocycles. The molecule has 2 unspecified atom stereocenters. The molecule has 1 aromatic rings. The number of carbonyl (C=O) groups is 1. The summed E-state index contributed by atoms with van der Waals surface area (Å²) in [5.74, 6) is -6.93. The summed E-state index contributed by atoms with van der Waals surface area (Å²) in [5, 5.41) is 73.5. The monoisotopic (exact) mass is 362 g/mol. The number of rotatable bonds is 10. The highest BCUT2D eigenvalue weighted by Crippen LogP contribution is 2.23. The molecule has 0 aliphatic rings. The second-order valence-electron chi connectivity index (χ2n) is 5.83. The summed E-state index contributed by atoms with van der Waals surface area (Å²) >= 11 is 0. The van der Waals surface area contributed by atoms with E-state index in [1.807, 2.05) is 0 Å². The summed E-state index contributed by atoms with van der Waals surface area (Å²) in [4.78, 5) is 18.3. The fourth-order valence-electron chi connectivity index (χ4n) is 2.11. The summed E-state index contributed by atoms with van der Waals surface area (Å²) in [6.45, 7) is 0. The molecule has 0 aliphatic heterocycles. The van der Waals surface area contributed by atoms with Gasteiger partial charge < -0.3 is 40.9 Å². The van der Waals surface area contributed by atoms with E-state index < -0.39 is 42.8 Å². The van der Waals surface area contributed by atoms with Crippen LogP contribution >= 0.6 is 0 Å². The molecule has 11 heteroatoms. The number of aromatic nitrogens is 2. The van der Waals surface area contributed by atoms with Crippen molar-refractivity contribution in [2.75, 3.05) is 0 Å². The van der Waals surface area contributed by atoms with Crippen molar-refractivity contribution in [3.63, 3.8) is 0 Å². The van der Waals surface area contributed by atoms with Crippen molar-refractivity contribution in [3.05, 3.63) is 23.8 Å². The largest absolute Gasteiger partial charge is 0.481 e. The normalized spacial score (nSPS) is 15.0. The average Bonchev–Trinajstić information content (AvgIpc) is 2.43. The van der Waals surface area contributed by atoms with Gasteiger partial charge in [0, 0.05) is 19.0 Å². The maximum atomic E-state index is 10.5. The molecule has 25 heavy (non-hydrogen) atoms. The molecule has 0 aliphatic carbocycles. The molecule has 0 fully saturated rings. The van der Waals surface area contributed by atoms with Crippen LogP contribution in [0.15, 0.2) is 12.4 Å². The fraction of sp³-hybridized carbons (Fsp3) is 0.643. The first-order chi connectivity index (χ1) is 11.4. The molecule has 0 amide bonds. The van der Waals surface area contributed by atoms with Crippen molar-refractivity contribution >= 4 is 5.97 Å². The highest BCUT2D eigenvalue weighted by atomic mass is 16.7. The zero-order valence-corrected chi connectivity index (χ0v) is 13.2. The molecular formula is C14H22N2O9. The van der Waals surface area contributed by atoms with Crippen LogP contribution in [0.1, 0.15) is 43.2 Å². The van der Waals surface area contributed by atoms with Crippen LogP contribution in [0.4, 0.5) is 0 Å². The minimum absolute atomic E-state index is 0.0665. The number of aryl methyl sites for hydroxylation is 1. The molecule has 2 atom stereocenters. The van der Waals surface area contributed by atoms with Gasteiger partial charge in [-0.15, -0.1) is 0 Å². The Morgan fingerprint density at radius 3 is 2.20 bits per heavy atom. The first kappa shape index (κ1) is 21.3. The molecule has 142 valence electrons. The van der Waals surface area contributed by atoms with E-state index in [2.05, 4.69) is 9.97 Å². The summed E-state index contributed by atoms with van der Waals surface area (Å²) in [6.07, 6.45) is -2.56. The number of aliphatic hydroxyl groups excluding tert-OH is 2. The van der Waals surface area contributed by atoms with E-state index in [-0.39, 0.29) is 25.0 Å². The smallest absolute Gasteiger partial charge is 0.308 e. The van der Waals surface area contributed by atoms with Crippen LogP contribution in [-0.4, -0.2) is 74.7 Å². The SMILES string of the molecule is O=C(O)CC(O)(O)CC(O)C(O)c1cnc(CCCC(O)(O)O)cn1. The number of carboxylic acids is 1. The van der Waals surface area contributed by atoms with E-state index in [1.165, 1.54) is 6.20 Å². The summed E-state index contributed by atoms with van der Waals surface area (Å²) in [6, 6.07) is 0. The van der Waals surface area contributed by atoms with E-state index in [9.17, 15) is 25.2 Å². The van der Waals surface area contributed by atoms with E-state index in [0.29, 0.717) is 5.69 Å². The second-order valence-corrected chi connectivity index (χ2v) is 5.83. The van der Waals surface area contributed by atoms with Gasteiger partial charge in [-0.05, 0) is 12.8 Å². The number of hydrogen-bond acceptors (Lipinski definition) is 10. The van der Waals surface area contributed by atoms with Crippen molar-refractivity contribution in [1.82, 2.24) is 9.97 Å². The predicted octanol–water partition coefficient (Wildman–Crippen LogP) is -2.63. The highest BCUT2D eigenvalue weighted by molar-refractivity contribution is 5.67. The molecule has 1 rings (SSSR count). The van der Waals surface area contributed by atoms with Crippen LogP contribution < -0.4 is 0 Å². The lowest BCUT2D eigenvalue weighted by Gasteiger charge is -2.25. The van der Waals surface area contributed by atoms with Crippen molar-refractivity contribution < 1.29 is 45.6 Å². The second kappa shape index (κ2) is 8.58. The van der Waals surface area contributed by atoms with Gasteiger partial charge in [0.25, 0.3) is 5.97 Å². The summed E-state index contributed by atoms with van der Waals surface area (Å²) in [7, 11) is 0. The number of carboxylic acid groups (broad SMARTS) is 1. The van der Waals surface area contributed by atoms with Gasteiger partial charge in [-0.2, -0.15) is 0 Å². The number of aliphatic hydroxyl groups is 7. The number of hydrogen-bond donors (Lipinski definition) is 8. The third-order valence-corrected chi connectivity index (χ3v) is 3.31. The van der Waals surface area contributed by atoms with Gasteiger partial charge in [-0.1, -0.05) is 0 Å². The van der Waals surface area contributed by atoms with Crippen LogP contribution in [0.3, 0.4) is 0 Å². The third-order valence-electron chi connectivity index (χ3n) is 3.31. The fourth-order valence-corrected chi connectivity index (χ4v) is 2.11. The van der Waals surface area contributed by atoms with Crippen LogP contribution in [0.2, 0.25) is 0 Å². The Hall–Kier alpha value is -1.73. The standard InChI is InChI=1S/C14H22N2O9/c17-10(4-13(21,22)5-11(18)19)12(20)9-7-15-8(6-16-9)2-1-3-14(23,24)25/h6-7,10,12,17,20-25H,1-5H2,(H,18,19). The predicted molar refractivity (Wildman–Crippen MR) is 79.4 cm³/mol. The Morgan fingerprint density at radius 2 is 1.72 bits per heavy atom. The van der Waals surface area contributed by atoms with Crippen molar-refractivity contribution in [3.8, 4) is 0 Å². The minimum atomic E-state index is -2.76. The molecule has 0 saturated carbocycles. The summed E-state index contributed by atoms with van der Waals surface area (Å²) < 4.78 is 0. The highest BCUT2D eigenvalue weighted by Gasteiger charge is 2.33. The van der Waals surface area contributed by atoms with Crippen LogP contribution in [0.25, 0.3) is 0 Å². The Labute approximate surface area is 142 Å². The van der Waals surface area contributed by atoms with E-state index >= 15 is 0 Å². The summed E-state index contributed by atoms with van der Waals surface area (Å²) in [5.41, 5.74) is 0.363. The molecule has 11 nitrogen and oxygen atoms in total. The molecule has 0 spiro atoms. The van der Waals surface area contributed by atoms with Crippen molar-refractivity contribution in [1.29, 1.82) is 0 Å². The Morgan fingerprint density at radius 1 is 1.08 bits per heavy atom. The van der Waals surface area contributed by atoms with Gasteiger partial charge >= 0.3 is 5.97 Å². The third kappa shape index (κ3) is 8.27. The number of aliphatic carboxylic acids is 1. The van der Waals surface area contributed by atoms with Crippen LogP contribution in [0, 0.1) is 0 Å². The van der Waals surface area contributed by atoms with Gasteiger partial charge in [0.15, 0.2) is 5.79 Å². The van der Waals surface area contributed by atoms with Crippen molar-refractivity contribution in [2.45, 2.75) is 56.1 Å². The lowest BCUT2D eigenvalue weighted by atomic mass is 9.99. The van der Waals surface area contributed by atoms with E-state index in [1.54, 1.807) is 0 Å². The van der Waals surface area contributed by atoms with Gasteiger partial charge in [-0.3, -0.25) is 14.8 Å². The quantitative estimate of drug-likeness (QED) is 0.202. The van der Waals surface area contributed by atoms with Crippen LogP contribution in [0.5, 0.6) is 0 Å². The molecule has 8 N–H and O–H groups in total. The Bertz CT molecular complexity index is 556. The lowest BCUT2D eigenvalue weighted by molar-refractivity contribution is -0.314. The van der Waals surface area contributed by atoms with E-state index in [4.69, 9.17) is 20.4 Å². The topological polar surface area (TPSA) is 205 Å². The molecule has 0 radical (unpaired) electrons. The molecular weight excluding hydrogens is 340 g/mol. The lowest BCUT2D eigenvalue weighted by Crippen LogP contribution is -2.37. The Balaban J connectivity index is 2.60. The zero-order chi connectivity index (χ0) is 19.3. The molecule has 0 bridgehead atoms. The van der Waals surface area contributed by atoms with Crippen molar-refractivity contribution in [2.24, 2.45) is 0 Å². The first-order valence-corrected chi connectivity index (χ1v) is 7.40. The van der Waals surface area contributed by atoms with E-state index in [0.717, 1.165) is 6.20 Å². The first-order valence-electron chi connectivity index (χ1n) is 7.40. The average molecular weight is 362 g/mol. The van der Waals surface area contributed by atoms with Gasteiger partial charge in [-0.25, -0.2) is 0 Å². The molecule has 1 aromatic heterocycles. The Kier molecular flexibility index (Phi) is 7.31. The number of nitrogens with zero attached hydrogens (tertiary/aromatic N) is 2. The van der Waals surface area contributed by atoms with Crippen LogP contribution in [-0.2, 0) is 11.2 Å². The minimum Gasteiger partial charge on any atom is -0.481 e. The maximum absolute atomic E-state index is 10.5.